The minimum absolute atomic E-state index is 0.0622. The molecule has 30 heavy (non-hydrogen) atoms. The fraction of sp³-hybridized carbons (Fsp3) is 0.542. The summed E-state index contributed by atoms with van der Waals surface area (Å²) < 4.78 is 17.6. The Kier molecular flexibility index (Phi) is 6.62. The highest BCUT2D eigenvalue weighted by Crippen LogP contribution is 2.30. The van der Waals surface area contributed by atoms with Gasteiger partial charge in [0.15, 0.2) is 0 Å². The van der Waals surface area contributed by atoms with Crippen LogP contribution in [0, 0.1) is 0 Å². The number of likely N-dealkylation sites (tertiary alicyclic amines) is 2. The average molecular weight is 413 g/mol. The van der Waals surface area contributed by atoms with E-state index in [4.69, 9.17) is 13.9 Å². The van der Waals surface area contributed by atoms with Crippen LogP contribution in [0.2, 0.25) is 0 Å². The first-order valence-electron chi connectivity index (χ1n) is 11.1. The van der Waals surface area contributed by atoms with E-state index in [1.54, 1.807) is 7.11 Å². The number of methoxy groups -OCH3 is 1. The van der Waals surface area contributed by atoms with Gasteiger partial charge in [0.2, 0.25) is 0 Å². The highest BCUT2D eigenvalue weighted by molar-refractivity contribution is 5.97. The van der Waals surface area contributed by atoms with Crippen molar-refractivity contribution >= 4 is 5.91 Å². The van der Waals surface area contributed by atoms with Gasteiger partial charge in [-0.05, 0) is 49.9 Å². The number of aryl methyl sites for hydroxylation is 1. The lowest BCUT2D eigenvalue weighted by atomic mass is 10.1. The van der Waals surface area contributed by atoms with E-state index in [0.717, 1.165) is 76.3 Å². The number of furan rings is 1. The summed E-state index contributed by atoms with van der Waals surface area (Å²) >= 11 is 0. The number of amides is 1. The summed E-state index contributed by atoms with van der Waals surface area (Å²) in [6.45, 7) is 6.50. The standard InChI is InChI=1S/C24H32N2O4/c1-3-18-6-7-21(29-18)17-25-14-10-19(11-15-25)30-23-16-20(28-2)8-9-22(23)24(27)26-12-4-5-13-26/h6-9,16,19H,3-5,10-15,17H2,1-2H3. The highest BCUT2D eigenvalue weighted by atomic mass is 16.5. The molecular formula is C24H32N2O4. The van der Waals surface area contributed by atoms with Gasteiger partial charge in [-0.1, -0.05) is 6.92 Å². The molecule has 2 saturated heterocycles. The van der Waals surface area contributed by atoms with Gasteiger partial charge in [0, 0.05) is 38.7 Å². The number of carbonyl (C=O) groups excluding carboxylic acids is 1. The molecule has 2 aromatic rings. The zero-order valence-corrected chi connectivity index (χ0v) is 18.1. The minimum atomic E-state index is 0.0622. The topological polar surface area (TPSA) is 55.2 Å². The first-order valence-corrected chi connectivity index (χ1v) is 11.1. The highest BCUT2D eigenvalue weighted by Gasteiger charge is 2.26. The Labute approximate surface area is 178 Å². The number of hydrogen-bond acceptors (Lipinski definition) is 5. The Bertz CT molecular complexity index is 849. The third-order valence-corrected chi connectivity index (χ3v) is 6.09. The summed E-state index contributed by atoms with van der Waals surface area (Å²) in [4.78, 5) is 17.3. The molecule has 1 amide bonds. The summed E-state index contributed by atoms with van der Waals surface area (Å²) in [6.07, 6.45) is 5.03. The normalized spacial score (nSPS) is 18.0. The van der Waals surface area contributed by atoms with Crippen molar-refractivity contribution in [1.82, 2.24) is 9.80 Å². The van der Waals surface area contributed by atoms with Crippen LogP contribution >= 0.6 is 0 Å². The van der Waals surface area contributed by atoms with Gasteiger partial charge in [-0.2, -0.15) is 0 Å². The molecule has 0 bridgehead atoms. The largest absolute Gasteiger partial charge is 0.497 e. The third-order valence-electron chi connectivity index (χ3n) is 6.09. The average Bonchev–Trinajstić information content (AvgIpc) is 3.47. The van der Waals surface area contributed by atoms with E-state index in [0.29, 0.717) is 17.1 Å². The second kappa shape index (κ2) is 9.56. The van der Waals surface area contributed by atoms with Gasteiger partial charge in [0.1, 0.15) is 29.1 Å². The molecule has 2 aliphatic rings. The maximum Gasteiger partial charge on any atom is 0.257 e. The first-order chi connectivity index (χ1) is 14.7. The Morgan fingerprint density at radius 3 is 2.47 bits per heavy atom. The van der Waals surface area contributed by atoms with Crippen molar-refractivity contribution in [3.63, 3.8) is 0 Å². The summed E-state index contributed by atoms with van der Waals surface area (Å²) in [7, 11) is 1.64. The van der Waals surface area contributed by atoms with E-state index in [9.17, 15) is 4.79 Å². The van der Waals surface area contributed by atoms with Crippen molar-refractivity contribution in [2.75, 3.05) is 33.3 Å². The zero-order chi connectivity index (χ0) is 20.9. The van der Waals surface area contributed by atoms with E-state index in [1.807, 2.05) is 23.1 Å². The maximum atomic E-state index is 13.0. The van der Waals surface area contributed by atoms with Gasteiger partial charge in [-0.3, -0.25) is 9.69 Å². The van der Waals surface area contributed by atoms with Crippen LogP contribution in [-0.4, -0.2) is 55.1 Å². The molecule has 0 aliphatic carbocycles. The second-order valence-corrected chi connectivity index (χ2v) is 8.18. The lowest BCUT2D eigenvalue weighted by molar-refractivity contribution is 0.0759. The van der Waals surface area contributed by atoms with Gasteiger partial charge in [0.05, 0.1) is 19.2 Å². The number of benzene rings is 1. The summed E-state index contributed by atoms with van der Waals surface area (Å²) in [5.41, 5.74) is 0.641. The second-order valence-electron chi connectivity index (χ2n) is 8.18. The van der Waals surface area contributed by atoms with Crippen LogP contribution in [0.5, 0.6) is 11.5 Å². The molecule has 162 valence electrons. The molecule has 0 unspecified atom stereocenters. The quantitative estimate of drug-likeness (QED) is 0.684. The summed E-state index contributed by atoms with van der Waals surface area (Å²) in [5, 5.41) is 0. The van der Waals surface area contributed by atoms with Gasteiger partial charge < -0.3 is 18.8 Å². The number of rotatable bonds is 7. The van der Waals surface area contributed by atoms with E-state index in [2.05, 4.69) is 24.0 Å². The van der Waals surface area contributed by atoms with Crippen LogP contribution in [-0.2, 0) is 13.0 Å². The number of nitrogens with zero attached hydrogens (tertiary/aromatic N) is 2. The number of piperidine rings is 1. The predicted octanol–water partition coefficient (Wildman–Crippen LogP) is 4.13. The van der Waals surface area contributed by atoms with Crippen molar-refractivity contribution < 1.29 is 18.7 Å². The molecule has 3 heterocycles. The fourth-order valence-corrected chi connectivity index (χ4v) is 4.28. The molecule has 2 aliphatic heterocycles. The molecule has 1 aromatic carbocycles. The van der Waals surface area contributed by atoms with Crippen molar-refractivity contribution in [1.29, 1.82) is 0 Å². The minimum Gasteiger partial charge on any atom is -0.497 e. The van der Waals surface area contributed by atoms with Gasteiger partial charge in [-0.15, -0.1) is 0 Å². The molecule has 6 heteroatoms. The van der Waals surface area contributed by atoms with E-state index < -0.39 is 0 Å². The van der Waals surface area contributed by atoms with Gasteiger partial charge in [0.25, 0.3) is 5.91 Å². The van der Waals surface area contributed by atoms with E-state index in [-0.39, 0.29) is 12.0 Å². The molecule has 0 spiro atoms. The fourth-order valence-electron chi connectivity index (χ4n) is 4.28. The SMILES string of the molecule is CCc1ccc(CN2CCC(Oc3cc(OC)ccc3C(=O)N3CCCC3)CC2)o1. The van der Waals surface area contributed by atoms with E-state index in [1.165, 1.54) is 0 Å². The zero-order valence-electron chi connectivity index (χ0n) is 18.1. The first kappa shape index (κ1) is 20.8. The Hall–Kier alpha value is -2.47. The Morgan fingerprint density at radius 1 is 1.07 bits per heavy atom. The van der Waals surface area contributed by atoms with Crippen molar-refractivity contribution in [3.05, 3.63) is 47.4 Å². The van der Waals surface area contributed by atoms with Gasteiger partial charge in [-0.25, -0.2) is 0 Å². The predicted molar refractivity (Wildman–Crippen MR) is 115 cm³/mol. The van der Waals surface area contributed by atoms with Crippen molar-refractivity contribution in [2.45, 2.75) is 51.7 Å². The summed E-state index contributed by atoms with van der Waals surface area (Å²) in [5.74, 6) is 3.48. The van der Waals surface area contributed by atoms with Crippen LogP contribution in [0.15, 0.2) is 34.7 Å². The summed E-state index contributed by atoms with van der Waals surface area (Å²) in [6, 6.07) is 9.67. The number of ether oxygens (including phenoxy) is 2. The lowest BCUT2D eigenvalue weighted by Crippen LogP contribution is -2.38. The number of hydrogen-bond donors (Lipinski definition) is 0. The van der Waals surface area contributed by atoms with E-state index >= 15 is 0 Å². The smallest absolute Gasteiger partial charge is 0.257 e. The lowest BCUT2D eigenvalue weighted by Gasteiger charge is -2.32. The molecule has 1 aromatic heterocycles. The molecule has 4 rings (SSSR count). The molecule has 0 atom stereocenters. The van der Waals surface area contributed by atoms with Crippen molar-refractivity contribution in [3.8, 4) is 11.5 Å². The number of carbonyl (C=O) groups is 1. The van der Waals surface area contributed by atoms with Crippen LogP contribution in [0.1, 0.15) is 54.5 Å². The monoisotopic (exact) mass is 412 g/mol. The van der Waals surface area contributed by atoms with Gasteiger partial charge >= 0.3 is 0 Å². The van der Waals surface area contributed by atoms with Crippen molar-refractivity contribution in [2.24, 2.45) is 0 Å². The Morgan fingerprint density at radius 2 is 1.80 bits per heavy atom. The van der Waals surface area contributed by atoms with Crippen LogP contribution in [0.25, 0.3) is 0 Å². The van der Waals surface area contributed by atoms with Crippen LogP contribution < -0.4 is 9.47 Å². The molecule has 6 nitrogen and oxygen atoms in total. The third kappa shape index (κ3) is 4.81. The molecule has 0 N–H and O–H groups in total. The van der Waals surface area contributed by atoms with Crippen LogP contribution in [0.3, 0.4) is 0 Å². The molecule has 2 fully saturated rings. The molecular weight excluding hydrogens is 380 g/mol. The van der Waals surface area contributed by atoms with Crippen LogP contribution in [0.4, 0.5) is 0 Å². The Balaban J connectivity index is 1.38. The molecule has 0 radical (unpaired) electrons. The maximum absolute atomic E-state index is 13.0. The molecule has 0 saturated carbocycles.